The third-order valence-corrected chi connectivity index (χ3v) is 3.21. The third-order valence-electron chi connectivity index (χ3n) is 3.21. The van der Waals surface area contributed by atoms with E-state index in [0.717, 1.165) is 0 Å². The summed E-state index contributed by atoms with van der Waals surface area (Å²) in [6, 6.07) is 8.07. The SMILES string of the molecule is C[C@H](OC(=O)c1ccncc1)C(=O)Nc1ccc2c(c1)OCO2. The van der Waals surface area contributed by atoms with Gasteiger partial charge in [-0.15, -0.1) is 0 Å². The molecule has 0 radical (unpaired) electrons. The van der Waals surface area contributed by atoms with Crippen molar-refractivity contribution in [2.45, 2.75) is 13.0 Å². The number of nitrogens with one attached hydrogen (secondary N) is 1. The molecule has 0 aliphatic carbocycles. The van der Waals surface area contributed by atoms with Crippen LogP contribution in [0.25, 0.3) is 0 Å². The first-order chi connectivity index (χ1) is 11.1. The highest BCUT2D eigenvalue weighted by atomic mass is 16.7. The Morgan fingerprint density at radius 3 is 2.70 bits per heavy atom. The van der Waals surface area contributed by atoms with E-state index in [1.165, 1.54) is 31.5 Å². The minimum Gasteiger partial charge on any atom is -0.454 e. The molecular weight excluding hydrogens is 300 g/mol. The zero-order valence-electron chi connectivity index (χ0n) is 12.3. The molecule has 1 aromatic carbocycles. The minimum absolute atomic E-state index is 0.159. The number of hydrogen-bond donors (Lipinski definition) is 1. The fraction of sp³-hybridized carbons (Fsp3) is 0.188. The Balaban J connectivity index is 1.60. The van der Waals surface area contributed by atoms with Crippen molar-refractivity contribution in [2.75, 3.05) is 12.1 Å². The Labute approximate surface area is 132 Å². The van der Waals surface area contributed by atoms with Crippen LogP contribution in [0, 0.1) is 0 Å². The van der Waals surface area contributed by atoms with Crippen LogP contribution in [-0.4, -0.2) is 29.8 Å². The fourth-order valence-electron chi connectivity index (χ4n) is 1.99. The average Bonchev–Trinajstić information content (AvgIpc) is 3.03. The monoisotopic (exact) mass is 314 g/mol. The molecule has 0 spiro atoms. The molecule has 7 nitrogen and oxygen atoms in total. The maximum Gasteiger partial charge on any atom is 0.339 e. The van der Waals surface area contributed by atoms with Crippen molar-refractivity contribution in [1.29, 1.82) is 0 Å². The van der Waals surface area contributed by atoms with E-state index in [2.05, 4.69) is 10.3 Å². The molecule has 7 heteroatoms. The number of aromatic nitrogens is 1. The van der Waals surface area contributed by atoms with E-state index in [9.17, 15) is 9.59 Å². The molecule has 0 saturated carbocycles. The molecule has 1 N–H and O–H groups in total. The number of hydrogen-bond acceptors (Lipinski definition) is 6. The second kappa shape index (κ2) is 6.35. The molecule has 0 fully saturated rings. The molecule has 0 saturated heterocycles. The van der Waals surface area contributed by atoms with Gasteiger partial charge < -0.3 is 19.5 Å². The maximum absolute atomic E-state index is 12.1. The predicted molar refractivity (Wildman–Crippen MR) is 80.3 cm³/mol. The number of fused-ring (bicyclic) bond motifs is 1. The summed E-state index contributed by atoms with van der Waals surface area (Å²) in [5, 5.41) is 2.66. The lowest BCUT2D eigenvalue weighted by molar-refractivity contribution is -0.123. The molecule has 1 aliphatic rings. The van der Waals surface area contributed by atoms with Gasteiger partial charge in [-0.2, -0.15) is 0 Å². The van der Waals surface area contributed by atoms with Crippen molar-refractivity contribution < 1.29 is 23.8 Å². The number of rotatable bonds is 4. The highest BCUT2D eigenvalue weighted by Gasteiger charge is 2.20. The van der Waals surface area contributed by atoms with Gasteiger partial charge in [0.05, 0.1) is 5.56 Å². The van der Waals surface area contributed by atoms with E-state index < -0.39 is 18.0 Å². The van der Waals surface area contributed by atoms with Crippen LogP contribution in [0.4, 0.5) is 5.69 Å². The van der Waals surface area contributed by atoms with Gasteiger partial charge in [-0.1, -0.05) is 0 Å². The van der Waals surface area contributed by atoms with E-state index >= 15 is 0 Å². The molecule has 2 aromatic rings. The summed E-state index contributed by atoms with van der Waals surface area (Å²) >= 11 is 0. The summed E-state index contributed by atoms with van der Waals surface area (Å²) in [4.78, 5) is 27.8. The van der Waals surface area contributed by atoms with Gasteiger partial charge in [0.25, 0.3) is 5.91 Å². The van der Waals surface area contributed by atoms with Crippen molar-refractivity contribution in [1.82, 2.24) is 4.98 Å². The van der Waals surface area contributed by atoms with Crippen LogP contribution >= 0.6 is 0 Å². The molecule has 0 unspecified atom stereocenters. The molecule has 1 atom stereocenters. The van der Waals surface area contributed by atoms with Gasteiger partial charge in [0.15, 0.2) is 17.6 Å². The molecule has 1 aromatic heterocycles. The van der Waals surface area contributed by atoms with Gasteiger partial charge in [-0.25, -0.2) is 4.79 Å². The van der Waals surface area contributed by atoms with Crippen molar-refractivity contribution in [2.24, 2.45) is 0 Å². The van der Waals surface area contributed by atoms with Crippen molar-refractivity contribution in [3.05, 3.63) is 48.3 Å². The van der Waals surface area contributed by atoms with Crippen molar-refractivity contribution in [3.63, 3.8) is 0 Å². The normalized spacial score (nSPS) is 13.3. The van der Waals surface area contributed by atoms with Crippen molar-refractivity contribution in [3.8, 4) is 11.5 Å². The van der Waals surface area contributed by atoms with Crippen LogP contribution in [0.1, 0.15) is 17.3 Å². The molecule has 23 heavy (non-hydrogen) atoms. The van der Waals surface area contributed by atoms with E-state index in [-0.39, 0.29) is 6.79 Å². The molecule has 118 valence electrons. The summed E-state index contributed by atoms with van der Waals surface area (Å²) < 4.78 is 15.6. The highest BCUT2D eigenvalue weighted by molar-refractivity contribution is 5.97. The Morgan fingerprint density at radius 2 is 1.91 bits per heavy atom. The van der Waals surface area contributed by atoms with Gasteiger partial charge in [0.1, 0.15) is 0 Å². The lowest BCUT2D eigenvalue weighted by Crippen LogP contribution is -2.30. The van der Waals surface area contributed by atoms with Gasteiger partial charge in [-0.3, -0.25) is 9.78 Å². The van der Waals surface area contributed by atoms with Crippen LogP contribution in [0.5, 0.6) is 11.5 Å². The number of pyridine rings is 1. The molecule has 2 heterocycles. The van der Waals surface area contributed by atoms with Crippen LogP contribution in [0.15, 0.2) is 42.7 Å². The van der Waals surface area contributed by atoms with Crippen molar-refractivity contribution >= 4 is 17.6 Å². The summed E-state index contributed by atoms with van der Waals surface area (Å²) in [6.07, 6.45) is 2.02. The Bertz CT molecular complexity index is 733. The van der Waals surface area contributed by atoms with Crippen LogP contribution in [-0.2, 0) is 9.53 Å². The number of nitrogens with zero attached hydrogens (tertiary/aromatic N) is 1. The molecule has 3 rings (SSSR count). The first kappa shape index (κ1) is 14.8. The Hall–Kier alpha value is -3.09. The maximum atomic E-state index is 12.1. The second-order valence-electron chi connectivity index (χ2n) is 4.84. The lowest BCUT2D eigenvalue weighted by Gasteiger charge is -2.13. The number of anilines is 1. The van der Waals surface area contributed by atoms with E-state index in [4.69, 9.17) is 14.2 Å². The summed E-state index contributed by atoms with van der Waals surface area (Å²) in [7, 11) is 0. The highest BCUT2D eigenvalue weighted by Crippen LogP contribution is 2.34. The number of ether oxygens (including phenoxy) is 3. The smallest absolute Gasteiger partial charge is 0.339 e. The van der Waals surface area contributed by atoms with Gasteiger partial charge >= 0.3 is 5.97 Å². The molecule has 1 amide bonds. The number of carbonyl (C=O) groups is 2. The zero-order chi connectivity index (χ0) is 16.2. The predicted octanol–water partition coefficient (Wildman–Crippen LogP) is 1.99. The largest absolute Gasteiger partial charge is 0.454 e. The number of esters is 1. The van der Waals surface area contributed by atoms with Crippen LogP contribution < -0.4 is 14.8 Å². The standard InChI is InChI=1S/C16H14N2O5/c1-10(23-16(20)11-4-6-17-7-5-11)15(19)18-12-2-3-13-14(8-12)22-9-21-13/h2-8,10H,9H2,1H3,(H,18,19)/t10-/m0/s1. The van der Waals surface area contributed by atoms with E-state index in [1.807, 2.05) is 0 Å². The summed E-state index contributed by atoms with van der Waals surface area (Å²) in [5.74, 6) is 0.163. The molecular formula is C16H14N2O5. The van der Waals surface area contributed by atoms with Gasteiger partial charge in [-0.05, 0) is 31.2 Å². The molecule has 1 aliphatic heterocycles. The molecule has 0 bridgehead atoms. The second-order valence-corrected chi connectivity index (χ2v) is 4.84. The van der Waals surface area contributed by atoms with Gasteiger partial charge in [0, 0.05) is 24.1 Å². The Morgan fingerprint density at radius 1 is 1.17 bits per heavy atom. The number of carbonyl (C=O) groups excluding carboxylic acids is 2. The topological polar surface area (TPSA) is 86.8 Å². The lowest BCUT2D eigenvalue weighted by atomic mass is 10.2. The van der Waals surface area contributed by atoms with Crippen LogP contribution in [0.2, 0.25) is 0 Å². The minimum atomic E-state index is -0.943. The van der Waals surface area contributed by atoms with E-state index in [0.29, 0.717) is 22.7 Å². The number of benzene rings is 1. The van der Waals surface area contributed by atoms with E-state index in [1.54, 1.807) is 18.2 Å². The fourth-order valence-corrected chi connectivity index (χ4v) is 1.99. The van der Waals surface area contributed by atoms with Gasteiger partial charge in [0.2, 0.25) is 6.79 Å². The number of amides is 1. The first-order valence-corrected chi connectivity index (χ1v) is 6.95. The first-order valence-electron chi connectivity index (χ1n) is 6.95. The summed E-state index contributed by atoms with van der Waals surface area (Å²) in [6.45, 7) is 1.66. The zero-order valence-corrected chi connectivity index (χ0v) is 12.3. The third kappa shape index (κ3) is 3.39. The summed E-state index contributed by atoms with van der Waals surface area (Å²) in [5.41, 5.74) is 0.869. The quantitative estimate of drug-likeness (QED) is 0.869. The Kier molecular flexibility index (Phi) is 4.09. The average molecular weight is 314 g/mol. The van der Waals surface area contributed by atoms with Crippen LogP contribution in [0.3, 0.4) is 0 Å².